The van der Waals surface area contributed by atoms with E-state index in [1.165, 1.54) is 17.0 Å². The molecular weight excluding hydrogens is 386 g/mol. The number of carbonyl (C=O) groups is 2. The highest BCUT2D eigenvalue weighted by molar-refractivity contribution is 5.98. The summed E-state index contributed by atoms with van der Waals surface area (Å²) in [6.45, 7) is -2.54. The molecule has 160 valence electrons. The molecule has 1 atom stereocenters. The van der Waals surface area contributed by atoms with Crippen LogP contribution in [0, 0.1) is 0 Å². The van der Waals surface area contributed by atoms with Crippen molar-refractivity contribution < 1.29 is 27.8 Å². The molecule has 2 amide bonds. The van der Waals surface area contributed by atoms with Gasteiger partial charge in [-0.1, -0.05) is 6.42 Å². The van der Waals surface area contributed by atoms with E-state index in [9.17, 15) is 18.4 Å². The summed E-state index contributed by atoms with van der Waals surface area (Å²) in [5.74, 6) is -0.859. The van der Waals surface area contributed by atoms with Crippen molar-refractivity contribution in [2.24, 2.45) is 5.73 Å². The molecule has 0 aromatic heterocycles. The number of carbonyl (C=O) groups excluding carboxylic acids is 2. The molecule has 2 fully saturated rings. The third-order valence-electron chi connectivity index (χ3n) is 5.39. The standard InChI is InChI=1S/C19H26F2N4O4/c1-24(13-3-2-4-13)15(10-22)18(27)23-12-5-6-14(16(9-12)29-19(20)21)25-7-8-28-11-17(25)26/h5-6,9,13,15,19H,2-4,7-8,10-11,22H2,1H3,(H,23,27)/t15-/m1/s1. The molecule has 3 N–H and O–H groups in total. The number of likely N-dealkylation sites (N-methyl/N-ethyl adjacent to an activating group) is 1. The number of nitrogens with one attached hydrogen (secondary N) is 1. The van der Waals surface area contributed by atoms with Gasteiger partial charge in [0.1, 0.15) is 12.6 Å². The molecule has 1 aromatic carbocycles. The van der Waals surface area contributed by atoms with E-state index >= 15 is 0 Å². The molecule has 29 heavy (non-hydrogen) atoms. The summed E-state index contributed by atoms with van der Waals surface area (Å²) in [4.78, 5) is 28.1. The molecule has 1 saturated carbocycles. The number of hydrogen-bond donors (Lipinski definition) is 2. The smallest absolute Gasteiger partial charge is 0.387 e. The SMILES string of the molecule is CN(C1CCC1)[C@H](CN)C(=O)Nc1ccc(N2CCOCC2=O)c(OC(F)F)c1. The van der Waals surface area contributed by atoms with Crippen molar-refractivity contribution in [3.63, 3.8) is 0 Å². The minimum absolute atomic E-state index is 0.127. The Hall–Kier alpha value is -2.30. The summed E-state index contributed by atoms with van der Waals surface area (Å²) in [5.41, 5.74) is 6.29. The van der Waals surface area contributed by atoms with Gasteiger partial charge in [0.15, 0.2) is 5.75 Å². The third kappa shape index (κ3) is 5.01. The summed E-state index contributed by atoms with van der Waals surface area (Å²) in [6, 6.07) is 4.11. The predicted octanol–water partition coefficient (Wildman–Crippen LogP) is 1.40. The number of nitrogens with two attached hydrogens (primary N) is 1. The fourth-order valence-electron chi connectivity index (χ4n) is 3.51. The van der Waals surface area contributed by atoms with Crippen LogP contribution in [0.4, 0.5) is 20.2 Å². The average molecular weight is 412 g/mol. The van der Waals surface area contributed by atoms with Crippen molar-refractivity contribution in [2.75, 3.05) is 43.6 Å². The Balaban J connectivity index is 1.78. The van der Waals surface area contributed by atoms with E-state index < -0.39 is 12.7 Å². The predicted molar refractivity (Wildman–Crippen MR) is 103 cm³/mol. The Kier molecular flexibility index (Phi) is 6.99. The van der Waals surface area contributed by atoms with Crippen LogP contribution in [0.3, 0.4) is 0 Å². The fourth-order valence-corrected chi connectivity index (χ4v) is 3.51. The van der Waals surface area contributed by atoms with E-state index in [1.54, 1.807) is 6.07 Å². The molecule has 0 bridgehead atoms. The lowest BCUT2D eigenvalue weighted by molar-refractivity contribution is -0.126. The van der Waals surface area contributed by atoms with Crippen molar-refractivity contribution in [3.05, 3.63) is 18.2 Å². The van der Waals surface area contributed by atoms with Crippen molar-refractivity contribution in [1.29, 1.82) is 0 Å². The molecule has 1 aromatic rings. The molecule has 10 heteroatoms. The molecule has 1 aliphatic heterocycles. The lowest BCUT2D eigenvalue weighted by Crippen LogP contribution is -2.52. The number of ether oxygens (including phenoxy) is 2. The second-order valence-electron chi connectivity index (χ2n) is 7.15. The molecule has 2 aliphatic rings. The zero-order valence-electron chi connectivity index (χ0n) is 16.3. The Morgan fingerprint density at radius 1 is 1.45 bits per heavy atom. The van der Waals surface area contributed by atoms with E-state index in [-0.39, 0.29) is 48.6 Å². The number of alkyl halides is 2. The second-order valence-corrected chi connectivity index (χ2v) is 7.15. The number of rotatable bonds is 8. The van der Waals surface area contributed by atoms with Crippen LogP contribution in [0.2, 0.25) is 0 Å². The number of amides is 2. The topological polar surface area (TPSA) is 97.1 Å². The molecule has 0 unspecified atom stereocenters. The van der Waals surface area contributed by atoms with Crippen LogP contribution in [-0.2, 0) is 14.3 Å². The van der Waals surface area contributed by atoms with Gasteiger partial charge in [-0.15, -0.1) is 0 Å². The Morgan fingerprint density at radius 3 is 2.79 bits per heavy atom. The highest BCUT2D eigenvalue weighted by Gasteiger charge is 2.31. The molecular formula is C19H26F2N4O4. The van der Waals surface area contributed by atoms with Crippen LogP contribution in [0.15, 0.2) is 18.2 Å². The lowest BCUT2D eigenvalue weighted by Gasteiger charge is -2.38. The van der Waals surface area contributed by atoms with Crippen LogP contribution in [0.1, 0.15) is 19.3 Å². The average Bonchev–Trinajstić information content (AvgIpc) is 2.61. The van der Waals surface area contributed by atoms with Crippen molar-refractivity contribution >= 4 is 23.2 Å². The number of nitrogens with zero attached hydrogens (tertiary/aromatic N) is 2. The van der Waals surface area contributed by atoms with E-state index in [1.807, 2.05) is 11.9 Å². The highest BCUT2D eigenvalue weighted by atomic mass is 19.3. The first-order chi connectivity index (χ1) is 13.9. The molecule has 1 heterocycles. The third-order valence-corrected chi connectivity index (χ3v) is 5.39. The van der Waals surface area contributed by atoms with Gasteiger partial charge in [0.05, 0.1) is 12.3 Å². The van der Waals surface area contributed by atoms with Gasteiger partial charge in [0.25, 0.3) is 5.91 Å². The Bertz CT molecular complexity index is 745. The first-order valence-corrected chi connectivity index (χ1v) is 9.60. The Morgan fingerprint density at radius 2 is 2.21 bits per heavy atom. The number of anilines is 2. The molecule has 3 rings (SSSR count). The largest absolute Gasteiger partial charge is 0.433 e. The molecule has 8 nitrogen and oxygen atoms in total. The minimum Gasteiger partial charge on any atom is -0.433 e. The first-order valence-electron chi connectivity index (χ1n) is 9.60. The number of benzene rings is 1. The van der Waals surface area contributed by atoms with Gasteiger partial charge in [-0.05, 0) is 32.0 Å². The molecule has 0 radical (unpaired) electrons. The van der Waals surface area contributed by atoms with Crippen LogP contribution >= 0.6 is 0 Å². The summed E-state index contributed by atoms with van der Waals surface area (Å²) < 4.78 is 35.5. The molecule has 1 saturated heterocycles. The van der Waals surface area contributed by atoms with Crippen molar-refractivity contribution in [2.45, 2.75) is 38.0 Å². The first kappa shape index (κ1) is 21.4. The normalized spacial score (nSPS) is 18.7. The fraction of sp³-hybridized carbons (Fsp3) is 0.579. The second kappa shape index (κ2) is 9.47. The quantitative estimate of drug-likeness (QED) is 0.670. The summed E-state index contributed by atoms with van der Waals surface area (Å²) >= 11 is 0. The van der Waals surface area contributed by atoms with E-state index in [0.29, 0.717) is 12.6 Å². The van der Waals surface area contributed by atoms with Gasteiger partial charge in [-0.25, -0.2) is 0 Å². The summed E-state index contributed by atoms with van der Waals surface area (Å²) in [5, 5.41) is 2.72. The Labute approximate surface area is 167 Å². The maximum absolute atomic E-state index is 12.9. The van der Waals surface area contributed by atoms with Crippen LogP contribution < -0.4 is 20.7 Å². The molecule has 1 aliphatic carbocycles. The lowest BCUT2D eigenvalue weighted by atomic mass is 9.90. The van der Waals surface area contributed by atoms with E-state index in [0.717, 1.165) is 19.3 Å². The van der Waals surface area contributed by atoms with E-state index in [4.69, 9.17) is 10.5 Å². The summed E-state index contributed by atoms with van der Waals surface area (Å²) in [6.07, 6.45) is 3.17. The number of hydrogen-bond acceptors (Lipinski definition) is 6. The van der Waals surface area contributed by atoms with Gasteiger partial charge >= 0.3 is 6.61 Å². The minimum atomic E-state index is -3.07. The van der Waals surface area contributed by atoms with Crippen LogP contribution in [-0.4, -0.2) is 68.8 Å². The van der Waals surface area contributed by atoms with Crippen LogP contribution in [0.5, 0.6) is 5.75 Å². The van der Waals surface area contributed by atoms with Gasteiger partial charge in [0, 0.05) is 30.9 Å². The number of halogens is 2. The monoisotopic (exact) mass is 412 g/mol. The van der Waals surface area contributed by atoms with Crippen molar-refractivity contribution in [3.8, 4) is 5.75 Å². The highest BCUT2D eigenvalue weighted by Crippen LogP contribution is 2.34. The maximum atomic E-state index is 12.9. The van der Waals surface area contributed by atoms with Crippen LogP contribution in [0.25, 0.3) is 0 Å². The number of morpholine rings is 1. The molecule has 0 spiro atoms. The van der Waals surface area contributed by atoms with Gasteiger partial charge in [-0.2, -0.15) is 8.78 Å². The maximum Gasteiger partial charge on any atom is 0.387 e. The summed E-state index contributed by atoms with van der Waals surface area (Å²) in [7, 11) is 1.86. The zero-order chi connectivity index (χ0) is 21.0. The van der Waals surface area contributed by atoms with Gasteiger partial charge in [-0.3, -0.25) is 14.5 Å². The van der Waals surface area contributed by atoms with Crippen molar-refractivity contribution in [1.82, 2.24) is 4.90 Å². The van der Waals surface area contributed by atoms with Gasteiger partial charge in [0.2, 0.25) is 5.91 Å². The van der Waals surface area contributed by atoms with E-state index in [2.05, 4.69) is 10.1 Å². The zero-order valence-corrected chi connectivity index (χ0v) is 16.3. The van der Waals surface area contributed by atoms with Gasteiger partial charge < -0.3 is 25.4 Å².